The summed E-state index contributed by atoms with van der Waals surface area (Å²) < 4.78 is 1.59. The largest absolute Gasteiger partial charge is 0.330 e. The molecule has 0 unspecified atom stereocenters. The third kappa shape index (κ3) is 1.76. The molecule has 1 aromatic heterocycles. The van der Waals surface area contributed by atoms with Crippen molar-refractivity contribution >= 4 is 23.5 Å². The lowest BCUT2D eigenvalue weighted by Gasteiger charge is -2.44. The van der Waals surface area contributed by atoms with E-state index in [9.17, 15) is 19.6 Å². The molecule has 1 N–H and O–H groups in total. The summed E-state index contributed by atoms with van der Waals surface area (Å²) in [4.78, 5) is 39.5. The molecular weight excluding hydrogens is 370 g/mol. The first-order valence-electron chi connectivity index (χ1n) is 9.84. The average molecular weight is 393 g/mol. The van der Waals surface area contributed by atoms with Gasteiger partial charge in [-0.2, -0.15) is 10.4 Å². The molecule has 0 radical (unpaired) electrons. The van der Waals surface area contributed by atoms with E-state index in [0.29, 0.717) is 12.2 Å². The van der Waals surface area contributed by atoms with Gasteiger partial charge in [-0.1, -0.05) is 13.0 Å². The number of nitrogens with one attached hydrogen (secondary N) is 1. The number of aromatic nitrogens is 2. The number of aryl methyl sites for hydroxylation is 1. The van der Waals surface area contributed by atoms with E-state index >= 15 is 0 Å². The van der Waals surface area contributed by atoms with Crippen LogP contribution in [0.4, 0.5) is 10.6 Å². The number of carbonyl (C=O) groups is 3. The first-order chi connectivity index (χ1) is 13.4. The van der Waals surface area contributed by atoms with Gasteiger partial charge in [0.2, 0.25) is 0 Å². The second kappa shape index (κ2) is 4.78. The van der Waals surface area contributed by atoms with E-state index in [0.717, 1.165) is 24.1 Å². The van der Waals surface area contributed by atoms with E-state index < -0.39 is 22.4 Å². The van der Waals surface area contributed by atoms with Crippen LogP contribution in [0.2, 0.25) is 0 Å². The molecule has 1 saturated heterocycles. The van der Waals surface area contributed by atoms with Crippen LogP contribution in [-0.4, -0.2) is 33.0 Å². The van der Waals surface area contributed by atoms with Crippen LogP contribution < -0.4 is 10.2 Å². The van der Waals surface area contributed by atoms with Crippen LogP contribution in [0.3, 0.4) is 0 Å². The third-order valence-electron chi connectivity index (χ3n) is 7.86. The summed E-state index contributed by atoms with van der Waals surface area (Å²) in [5.41, 5.74) is -0.617. The van der Waals surface area contributed by atoms with Gasteiger partial charge in [0.25, 0.3) is 5.91 Å². The van der Waals surface area contributed by atoms with E-state index in [4.69, 9.17) is 5.10 Å². The molecule has 3 atom stereocenters. The average Bonchev–Trinajstić information content (AvgIpc) is 3.07. The fraction of sp³-hybridized carbons (Fsp3) is 0.571. The minimum atomic E-state index is -0.978. The second-order valence-corrected chi connectivity index (χ2v) is 9.76. The van der Waals surface area contributed by atoms with E-state index in [1.54, 1.807) is 31.7 Å². The number of anilines is 1. The van der Waals surface area contributed by atoms with E-state index in [-0.39, 0.29) is 22.7 Å². The number of ketones is 1. The number of fused-ring (bicyclic) bond motifs is 2. The Kier molecular flexibility index (Phi) is 2.98. The highest BCUT2D eigenvalue weighted by Gasteiger charge is 2.78. The number of nitriles is 1. The Morgan fingerprint density at radius 1 is 1.21 bits per heavy atom. The predicted molar refractivity (Wildman–Crippen MR) is 103 cm³/mol. The maximum atomic E-state index is 12.9. The Morgan fingerprint density at radius 3 is 2.48 bits per heavy atom. The number of hydrogen-bond acceptors (Lipinski definition) is 5. The monoisotopic (exact) mass is 393 g/mol. The highest BCUT2D eigenvalue weighted by molar-refractivity contribution is 6.23. The molecular formula is C21H23N5O3. The smallest absolute Gasteiger partial charge is 0.323 e. The number of carbonyl (C=O) groups excluding carboxylic acids is 3. The number of nitrogens with zero attached hydrogens (tertiary/aromatic N) is 4. The van der Waals surface area contributed by atoms with Gasteiger partial charge in [-0.05, 0) is 45.4 Å². The minimum Gasteiger partial charge on any atom is -0.323 e. The second-order valence-electron chi connectivity index (χ2n) is 9.76. The van der Waals surface area contributed by atoms with E-state index in [1.807, 2.05) is 13.8 Å². The van der Waals surface area contributed by atoms with Crippen molar-refractivity contribution in [3.05, 3.63) is 22.9 Å². The molecule has 4 aliphatic rings. The number of rotatable bonds is 1. The number of hydrogen-bond donors (Lipinski definition) is 1. The first-order valence-corrected chi connectivity index (χ1v) is 9.84. The topological polar surface area (TPSA) is 108 Å². The zero-order valence-electron chi connectivity index (χ0n) is 17.2. The van der Waals surface area contributed by atoms with Crippen LogP contribution in [0.25, 0.3) is 0 Å². The van der Waals surface area contributed by atoms with Crippen molar-refractivity contribution in [3.63, 3.8) is 0 Å². The number of urea groups is 1. The van der Waals surface area contributed by atoms with Crippen molar-refractivity contribution in [2.45, 2.75) is 57.9 Å². The fourth-order valence-corrected chi connectivity index (χ4v) is 6.17. The van der Waals surface area contributed by atoms with Crippen molar-refractivity contribution < 1.29 is 14.4 Å². The summed E-state index contributed by atoms with van der Waals surface area (Å²) in [6.07, 6.45) is 3.87. The molecule has 3 aliphatic carbocycles. The van der Waals surface area contributed by atoms with E-state index in [2.05, 4.69) is 11.4 Å². The molecule has 1 spiro atoms. The van der Waals surface area contributed by atoms with Gasteiger partial charge < -0.3 is 5.32 Å². The summed E-state index contributed by atoms with van der Waals surface area (Å²) in [5, 5.41) is 17.0. The van der Waals surface area contributed by atoms with Gasteiger partial charge in [0.1, 0.15) is 17.4 Å². The van der Waals surface area contributed by atoms with Gasteiger partial charge in [0, 0.05) is 23.4 Å². The summed E-state index contributed by atoms with van der Waals surface area (Å²) in [7, 11) is 1.73. The number of allylic oxidation sites excluding steroid dienone is 2. The molecule has 0 aromatic carbocycles. The van der Waals surface area contributed by atoms with Gasteiger partial charge in [-0.25, -0.2) is 9.69 Å². The van der Waals surface area contributed by atoms with E-state index in [1.165, 1.54) is 4.90 Å². The normalized spacial score (nSPS) is 36.6. The third-order valence-corrected chi connectivity index (χ3v) is 7.86. The van der Waals surface area contributed by atoms with Crippen LogP contribution in [0, 0.1) is 22.2 Å². The highest BCUT2D eigenvalue weighted by atomic mass is 16.2. The molecule has 1 aromatic rings. The maximum absolute atomic E-state index is 12.9. The molecule has 8 nitrogen and oxygen atoms in total. The minimum absolute atomic E-state index is 0.0760. The van der Waals surface area contributed by atoms with Gasteiger partial charge in [0.05, 0.1) is 11.3 Å². The summed E-state index contributed by atoms with van der Waals surface area (Å²) in [6.45, 7) is 7.34. The van der Waals surface area contributed by atoms with Gasteiger partial charge in [-0.15, -0.1) is 0 Å². The SMILES string of the molecule is Cn1nc2c(c1N1C(=O)NC(C)(C)C1=O)CC[C@@]13C[C@@]1(C)C(=O)C(C#N)=C[C@]23C. The van der Waals surface area contributed by atoms with Gasteiger partial charge >= 0.3 is 6.03 Å². The van der Waals surface area contributed by atoms with Crippen molar-refractivity contribution in [1.82, 2.24) is 15.1 Å². The Morgan fingerprint density at radius 2 is 1.90 bits per heavy atom. The lowest BCUT2D eigenvalue weighted by Crippen LogP contribution is -2.46. The molecule has 150 valence electrons. The number of Topliss-reactive ketones (excluding diaryl/α,β-unsaturated/α-hetero) is 1. The molecule has 2 fully saturated rings. The summed E-state index contributed by atoms with van der Waals surface area (Å²) in [5.74, 6) is 0.0883. The Balaban J connectivity index is 1.72. The van der Waals surface area contributed by atoms with Crippen molar-refractivity contribution in [3.8, 4) is 6.07 Å². The zero-order valence-corrected chi connectivity index (χ0v) is 17.2. The van der Waals surface area contributed by atoms with Crippen molar-refractivity contribution in [1.29, 1.82) is 5.26 Å². The Labute approximate surface area is 168 Å². The quantitative estimate of drug-likeness (QED) is 0.733. The van der Waals surface area contributed by atoms with Gasteiger partial charge in [0.15, 0.2) is 5.78 Å². The van der Waals surface area contributed by atoms with Crippen LogP contribution in [0.15, 0.2) is 11.6 Å². The molecule has 29 heavy (non-hydrogen) atoms. The molecule has 0 bridgehead atoms. The van der Waals surface area contributed by atoms with Crippen molar-refractivity contribution in [2.75, 3.05) is 4.90 Å². The van der Waals surface area contributed by atoms with Crippen LogP contribution in [-0.2, 0) is 28.5 Å². The Hall–Kier alpha value is -2.95. The summed E-state index contributed by atoms with van der Waals surface area (Å²) >= 11 is 0. The highest BCUT2D eigenvalue weighted by Crippen LogP contribution is 2.78. The Bertz CT molecular complexity index is 1120. The van der Waals surface area contributed by atoms with Crippen molar-refractivity contribution in [2.24, 2.45) is 17.9 Å². The van der Waals surface area contributed by atoms with Crippen LogP contribution in [0.1, 0.15) is 51.8 Å². The number of amides is 3. The van der Waals surface area contributed by atoms with Crippen LogP contribution >= 0.6 is 0 Å². The standard InChI is InChI=1S/C21H23N5O3/c1-18(2)16(28)26(17(29)23-18)15-12-6-7-21-10-20(21,4)14(27)11(9-22)8-19(21,3)13(12)24-25(15)5/h8H,6-7,10H2,1-5H3,(H,23,29)/t19-,20+,21+/m1/s1. The molecule has 1 saturated carbocycles. The summed E-state index contributed by atoms with van der Waals surface area (Å²) in [6, 6.07) is 1.61. The molecule has 1 aliphatic heterocycles. The predicted octanol–water partition coefficient (Wildman–Crippen LogP) is 1.89. The zero-order chi connectivity index (χ0) is 21.1. The van der Waals surface area contributed by atoms with Crippen LogP contribution in [0.5, 0.6) is 0 Å². The lowest BCUT2D eigenvalue weighted by molar-refractivity contribution is -0.122. The first kappa shape index (κ1) is 18.1. The fourth-order valence-electron chi connectivity index (χ4n) is 6.17. The molecule has 5 rings (SSSR count). The molecule has 2 heterocycles. The maximum Gasteiger partial charge on any atom is 0.330 e. The van der Waals surface area contributed by atoms with Gasteiger partial charge in [-0.3, -0.25) is 14.3 Å². The number of imide groups is 1. The molecule has 8 heteroatoms. The lowest BCUT2D eigenvalue weighted by atomic mass is 9.57. The molecule has 3 amide bonds.